The number of nitro groups is 1. The zero-order chi connectivity index (χ0) is 14.8. The predicted molar refractivity (Wildman–Crippen MR) is 77.8 cm³/mol. The molecule has 0 unspecified atom stereocenters. The van der Waals surface area contributed by atoms with E-state index in [9.17, 15) is 15.2 Å². The lowest BCUT2D eigenvalue weighted by Crippen LogP contribution is -2.07. The Hall–Kier alpha value is -2.73. The second kappa shape index (κ2) is 5.34. The van der Waals surface area contributed by atoms with Crippen molar-refractivity contribution in [2.45, 2.75) is 12.6 Å². The Labute approximate surface area is 120 Å². The second-order valence-corrected chi connectivity index (χ2v) is 4.75. The van der Waals surface area contributed by atoms with E-state index < -0.39 is 11.0 Å². The van der Waals surface area contributed by atoms with Gasteiger partial charge in [0.2, 0.25) is 0 Å². The van der Waals surface area contributed by atoms with Crippen LogP contribution < -0.4 is 0 Å². The fraction of sp³-hybridized carbons (Fsp3) is 0.133. The van der Waals surface area contributed by atoms with Crippen molar-refractivity contribution in [2.75, 3.05) is 0 Å². The number of rotatable bonds is 4. The second-order valence-electron chi connectivity index (χ2n) is 4.75. The zero-order valence-corrected chi connectivity index (χ0v) is 11.1. The lowest BCUT2D eigenvalue weighted by atomic mass is 10.1. The fourth-order valence-electron chi connectivity index (χ4n) is 2.27. The fourth-order valence-corrected chi connectivity index (χ4v) is 2.27. The van der Waals surface area contributed by atoms with Gasteiger partial charge in [0.15, 0.2) is 0 Å². The number of aliphatic hydroxyl groups excluding tert-OH is 1. The number of aliphatic hydroxyl groups is 1. The van der Waals surface area contributed by atoms with Crippen LogP contribution in [0.4, 0.5) is 5.69 Å². The molecule has 3 aromatic rings. The van der Waals surface area contributed by atoms with E-state index in [2.05, 4.69) is 4.98 Å². The van der Waals surface area contributed by atoms with E-state index in [0.717, 1.165) is 11.0 Å². The summed E-state index contributed by atoms with van der Waals surface area (Å²) >= 11 is 0. The number of non-ortho nitro benzene ring substituents is 1. The summed E-state index contributed by atoms with van der Waals surface area (Å²) in [4.78, 5) is 14.4. The summed E-state index contributed by atoms with van der Waals surface area (Å²) in [5, 5.41) is 20.9. The van der Waals surface area contributed by atoms with Gasteiger partial charge in [-0.3, -0.25) is 10.1 Å². The van der Waals surface area contributed by atoms with Crippen molar-refractivity contribution in [1.82, 2.24) is 9.55 Å². The molecule has 0 aliphatic rings. The van der Waals surface area contributed by atoms with E-state index >= 15 is 0 Å². The van der Waals surface area contributed by atoms with Gasteiger partial charge in [0, 0.05) is 12.1 Å². The number of hydrogen-bond donors (Lipinski definition) is 1. The maximum absolute atomic E-state index is 10.6. The highest BCUT2D eigenvalue weighted by Gasteiger charge is 2.12. The van der Waals surface area contributed by atoms with Crippen molar-refractivity contribution >= 4 is 16.7 Å². The van der Waals surface area contributed by atoms with Gasteiger partial charge < -0.3 is 9.67 Å². The quantitative estimate of drug-likeness (QED) is 0.589. The van der Waals surface area contributed by atoms with Crippen molar-refractivity contribution in [2.24, 2.45) is 0 Å². The number of para-hydroxylation sites is 2. The molecule has 0 fully saturated rings. The van der Waals surface area contributed by atoms with E-state index in [1.54, 1.807) is 18.5 Å². The average Bonchev–Trinajstić information content (AvgIpc) is 2.91. The minimum absolute atomic E-state index is 0.0130. The van der Waals surface area contributed by atoms with E-state index in [-0.39, 0.29) is 5.69 Å². The van der Waals surface area contributed by atoms with Gasteiger partial charge in [0.25, 0.3) is 5.69 Å². The Morgan fingerprint density at radius 3 is 2.62 bits per heavy atom. The molecule has 0 amide bonds. The molecule has 0 spiro atoms. The Morgan fingerprint density at radius 1 is 1.19 bits per heavy atom. The van der Waals surface area contributed by atoms with Crippen LogP contribution in [-0.2, 0) is 6.54 Å². The first kappa shape index (κ1) is 13.3. The van der Waals surface area contributed by atoms with Gasteiger partial charge in [0.1, 0.15) is 0 Å². The molecule has 3 rings (SSSR count). The molecule has 1 aromatic heterocycles. The molecule has 21 heavy (non-hydrogen) atoms. The topological polar surface area (TPSA) is 81.2 Å². The first-order chi connectivity index (χ1) is 10.1. The number of nitrogens with zero attached hydrogens (tertiary/aromatic N) is 3. The SMILES string of the molecule is O=[N+]([O-])c1ccc([C@H](O)Cn2cnc3ccccc32)cc1. The molecule has 0 aliphatic heterocycles. The van der Waals surface area contributed by atoms with Crippen molar-refractivity contribution < 1.29 is 10.0 Å². The third-order valence-corrected chi connectivity index (χ3v) is 3.39. The van der Waals surface area contributed by atoms with Crippen LogP contribution in [0.25, 0.3) is 11.0 Å². The maximum Gasteiger partial charge on any atom is 0.269 e. The standard InChI is InChI=1S/C15H13N3O3/c19-15(11-5-7-12(8-6-11)18(20)21)9-17-10-16-13-3-1-2-4-14(13)17/h1-8,10,15,19H,9H2/t15-/m1/s1. The summed E-state index contributed by atoms with van der Waals surface area (Å²) < 4.78 is 1.86. The monoisotopic (exact) mass is 283 g/mol. The van der Waals surface area contributed by atoms with Gasteiger partial charge in [-0.25, -0.2) is 4.98 Å². The minimum Gasteiger partial charge on any atom is -0.387 e. The molecule has 0 saturated heterocycles. The summed E-state index contributed by atoms with van der Waals surface area (Å²) in [6, 6.07) is 13.6. The zero-order valence-electron chi connectivity index (χ0n) is 11.1. The van der Waals surface area contributed by atoms with Gasteiger partial charge in [-0.2, -0.15) is 0 Å². The van der Waals surface area contributed by atoms with Gasteiger partial charge >= 0.3 is 0 Å². The summed E-state index contributed by atoms with van der Waals surface area (Å²) in [5.74, 6) is 0. The van der Waals surface area contributed by atoms with Crippen LogP contribution in [0, 0.1) is 10.1 Å². The van der Waals surface area contributed by atoms with Crippen molar-refractivity contribution in [3.63, 3.8) is 0 Å². The first-order valence-corrected chi connectivity index (χ1v) is 6.47. The number of aromatic nitrogens is 2. The lowest BCUT2D eigenvalue weighted by molar-refractivity contribution is -0.384. The Kier molecular flexibility index (Phi) is 3.37. The summed E-state index contributed by atoms with van der Waals surface area (Å²) in [6.07, 6.45) is 0.933. The van der Waals surface area contributed by atoms with Crippen LogP contribution in [0.2, 0.25) is 0 Å². The summed E-state index contributed by atoms with van der Waals surface area (Å²) in [6.45, 7) is 0.346. The number of nitro benzene ring substituents is 1. The van der Waals surface area contributed by atoms with Crippen LogP contribution in [0.3, 0.4) is 0 Å². The van der Waals surface area contributed by atoms with Gasteiger partial charge in [-0.1, -0.05) is 12.1 Å². The first-order valence-electron chi connectivity index (χ1n) is 6.47. The van der Waals surface area contributed by atoms with Crippen molar-refractivity contribution in [3.8, 4) is 0 Å². The highest BCUT2D eigenvalue weighted by atomic mass is 16.6. The summed E-state index contributed by atoms with van der Waals surface area (Å²) in [7, 11) is 0. The number of benzene rings is 2. The lowest BCUT2D eigenvalue weighted by Gasteiger charge is -2.12. The molecular weight excluding hydrogens is 270 g/mol. The van der Waals surface area contributed by atoms with Crippen LogP contribution in [0.1, 0.15) is 11.7 Å². The number of imidazole rings is 1. The van der Waals surface area contributed by atoms with E-state index in [1.807, 2.05) is 28.8 Å². The average molecular weight is 283 g/mol. The molecular formula is C15H13N3O3. The van der Waals surface area contributed by atoms with Crippen LogP contribution in [0.15, 0.2) is 54.9 Å². The van der Waals surface area contributed by atoms with Gasteiger partial charge in [-0.05, 0) is 29.8 Å². The maximum atomic E-state index is 10.6. The molecule has 0 bridgehead atoms. The molecule has 0 aliphatic carbocycles. The molecule has 106 valence electrons. The smallest absolute Gasteiger partial charge is 0.269 e. The largest absolute Gasteiger partial charge is 0.387 e. The number of hydrogen-bond acceptors (Lipinski definition) is 4. The molecule has 0 radical (unpaired) electrons. The highest BCUT2D eigenvalue weighted by Crippen LogP contribution is 2.21. The molecule has 6 heteroatoms. The molecule has 1 atom stereocenters. The van der Waals surface area contributed by atoms with Crippen LogP contribution in [0.5, 0.6) is 0 Å². The minimum atomic E-state index is -0.747. The summed E-state index contributed by atoms with van der Waals surface area (Å²) in [5.41, 5.74) is 2.46. The highest BCUT2D eigenvalue weighted by molar-refractivity contribution is 5.74. The van der Waals surface area contributed by atoms with Gasteiger partial charge in [-0.15, -0.1) is 0 Å². The normalized spacial score (nSPS) is 12.4. The Morgan fingerprint density at radius 2 is 1.90 bits per heavy atom. The van der Waals surface area contributed by atoms with Crippen LogP contribution in [-0.4, -0.2) is 19.6 Å². The van der Waals surface area contributed by atoms with E-state index in [0.29, 0.717) is 12.1 Å². The third kappa shape index (κ3) is 2.61. The molecule has 1 heterocycles. The van der Waals surface area contributed by atoms with Gasteiger partial charge in [0.05, 0.1) is 34.9 Å². The molecule has 1 N–H and O–H groups in total. The van der Waals surface area contributed by atoms with Crippen molar-refractivity contribution in [1.29, 1.82) is 0 Å². The Balaban J connectivity index is 1.82. The van der Waals surface area contributed by atoms with Crippen LogP contribution >= 0.6 is 0 Å². The predicted octanol–water partition coefficient (Wildman–Crippen LogP) is 2.68. The van der Waals surface area contributed by atoms with E-state index in [4.69, 9.17) is 0 Å². The third-order valence-electron chi connectivity index (χ3n) is 3.39. The molecule has 0 saturated carbocycles. The van der Waals surface area contributed by atoms with Crippen molar-refractivity contribution in [3.05, 3.63) is 70.5 Å². The van der Waals surface area contributed by atoms with E-state index in [1.165, 1.54) is 12.1 Å². The number of fused-ring (bicyclic) bond motifs is 1. The molecule has 2 aromatic carbocycles. The molecule has 6 nitrogen and oxygen atoms in total. The Bertz CT molecular complexity index is 780.